The summed E-state index contributed by atoms with van der Waals surface area (Å²) in [6.07, 6.45) is 2.00. The number of rotatable bonds is 6. The molecule has 0 saturated carbocycles. The molecule has 0 aliphatic carbocycles. The van der Waals surface area contributed by atoms with Crippen molar-refractivity contribution >= 4 is 17.1 Å². The van der Waals surface area contributed by atoms with Crippen molar-refractivity contribution in [3.63, 3.8) is 0 Å². The number of nitrogens with zero attached hydrogens (tertiary/aromatic N) is 4. The molecular weight excluding hydrogens is 384 g/mol. The first-order chi connectivity index (χ1) is 13.7. The molecule has 1 aromatic carbocycles. The third-order valence-electron chi connectivity index (χ3n) is 4.83. The smallest absolute Gasteiger partial charge is 0.332 e. The van der Waals surface area contributed by atoms with Gasteiger partial charge in [0.2, 0.25) is 5.91 Å². The highest BCUT2D eigenvalue weighted by molar-refractivity contribution is 5.76. The fourth-order valence-corrected chi connectivity index (χ4v) is 3.22. The van der Waals surface area contributed by atoms with Gasteiger partial charge in [0.15, 0.2) is 11.2 Å². The number of carbonyl (C=O) groups is 1. The molecule has 29 heavy (non-hydrogen) atoms. The lowest BCUT2D eigenvalue weighted by Gasteiger charge is -2.15. The van der Waals surface area contributed by atoms with Gasteiger partial charge >= 0.3 is 5.69 Å². The normalized spacial score (nSPS) is 12.3. The van der Waals surface area contributed by atoms with Crippen LogP contribution in [0.3, 0.4) is 0 Å². The van der Waals surface area contributed by atoms with Crippen LogP contribution in [-0.2, 0) is 25.4 Å². The second kappa shape index (κ2) is 7.98. The monoisotopic (exact) mass is 405 g/mol. The first-order valence-electron chi connectivity index (χ1n) is 9.06. The van der Waals surface area contributed by atoms with Crippen molar-refractivity contribution in [3.8, 4) is 0 Å². The van der Waals surface area contributed by atoms with E-state index in [1.807, 2.05) is 0 Å². The van der Waals surface area contributed by atoms with Crippen LogP contribution in [0, 0.1) is 11.6 Å². The molecule has 0 fully saturated rings. The number of hydrogen-bond acceptors (Lipinski definition) is 4. The van der Waals surface area contributed by atoms with Gasteiger partial charge in [-0.3, -0.25) is 18.7 Å². The Morgan fingerprint density at radius 1 is 1.21 bits per heavy atom. The Morgan fingerprint density at radius 2 is 1.93 bits per heavy atom. The zero-order valence-corrected chi connectivity index (χ0v) is 16.3. The third-order valence-corrected chi connectivity index (χ3v) is 4.83. The average Bonchev–Trinajstić information content (AvgIpc) is 3.08. The van der Waals surface area contributed by atoms with E-state index in [-0.39, 0.29) is 29.1 Å². The maximum atomic E-state index is 13.8. The summed E-state index contributed by atoms with van der Waals surface area (Å²) in [5.41, 5.74) is -0.149. The zero-order chi connectivity index (χ0) is 21.3. The van der Waals surface area contributed by atoms with Crippen molar-refractivity contribution in [3.05, 3.63) is 62.6 Å². The van der Waals surface area contributed by atoms with Crippen LogP contribution < -0.4 is 16.6 Å². The third kappa shape index (κ3) is 3.96. The van der Waals surface area contributed by atoms with Crippen LogP contribution in [0.15, 0.2) is 34.1 Å². The predicted octanol–water partition coefficient (Wildman–Crippen LogP) is 1.37. The molecule has 0 radical (unpaired) electrons. The van der Waals surface area contributed by atoms with Gasteiger partial charge in [-0.1, -0.05) is 6.07 Å². The molecule has 0 spiro atoms. The van der Waals surface area contributed by atoms with E-state index in [0.29, 0.717) is 13.0 Å². The highest BCUT2D eigenvalue weighted by Crippen LogP contribution is 2.18. The van der Waals surface area contributed by atoms with Crippen molar-refractivity contribution in [1.82, 2.24) is 24.0 Å². The number of fused-ring (bicyclic) bond motifs is 1. The molecule has 1 N–H and O–H groups in total. The topological polar surface area (TPSA) is 90.9 Å². The lowest BCUT2D eigenvalue weighted by atomic mass is 10.1. The summed E-state index contributed by atoms with van der Waals surface area (Å²) in [4.78, 5) is 40.6. The van der Waals surface area contributed by atoms with E-state index in [1.54, 1.807) is 11.5 Å². The fraction of sp³-hybridized carbons (Fsp3) is 0.368. The maximum Gasteiger partial charge on any atom is 0.332 e. The molecule has 0 aliphatic rings. The molecule has 1 atom stereocenters. The lowest BCUT2D eigenvalue weighted by Crippen LogP contribution is -2.37. The number of benzene rings is 1. The average molecular weight is 405 g/mol. The van der Waals surface area contributed by atoms with Crippen LogP contribution in [0.4, 0.5) is 8.78 Å². The summed E-state index contributed by atoms with van der Waals surface area (Å²) < 4.78 is 30.7. The van der Waals surface area contributed by atoms with Gasteiger partial charge in [-0.2, -0.15) is 0 Å². The molecule has 1 amide bonds. The summed E-state index contributed by atoms with van der Waals surface area (Å²) in [6.45, 7) is 1.96. The van der Waals surface area contributed by atoms with Crippen LogP contribution in [0.2, 0.25) is 0 Å². The number of aromatic nitrogens is 4. The second-order valence-corrected chi connectivity index (χ2v) is 6.87. The van der Waals surface area contributed by atoms with E-state index in [0.717, 1.165) is 16.7 Å². The molecule has 0 bridgehead atoms. The molecule has 0 saturated heterocycles. The van der Waals surface area contributed by atoms with Crippen LogP contribution >= 0.6 is 0 Å². The highest BCUT2D eigenvalue weighted by Gasteiger charge is 2.16. The van der Waals surface area contributed by atoms with E-state index < -0.39 is 28.9 Å². The van der Waals surface area contributed by atoms with Crippen LogP contribution in [0.1, 0.15) is 31.4 Å². The summed E-state index contributed by atoms with van der Waals surface area (Å²) in [5, 5.41) is 2.67. The largest absolute Gasteiger partial charge is 0.349 e. The molecule has 10 heteroatoms. The van der Waals surface area contributed by atoms with Gasteiger partial charge in [-0.05, 0) is 19.4 Å². The number of nitrogens with one attached hydrogen (secondary N) is 1. The summed E-state index contributed by atoms with van der Waals surface area (Å²) in [6, 6.07) is 2.60. The first kappa shape index (κ1) is 20.4. The number of amides is 1. The standard InChI is InChI=1S/C19H21F2N5O3/c1-11(13-7-6-12(20)9-14(13)21)23-15(27)5-4-8-26-10-22-17-16(26)18(28)25(3)19(29)24(17)2/h6-7,9-11H,4-5,8H2,1-3H3,(H,23,27). The van der Waals surface area contributed by atoms with Crippen molar-refractivity contribution in [2.75, 3.05) is 0 Å². The van der Waals surface area contributed by atoms with Crippen molar-refractivity contribution in [1.29, 1.82) is 0 Å². The van der Waals surface area contributed by atoms with Gasteiger partial charge in [0.25, 0.3) is 5.56 Å². The Hall–Kier alpha value is -3.30. The Labute approximate surface area is 164 Å². The van der Waals surface area contributed by atoms with Gasteiger partial charge < -0.3 is 9.88 Å². The Kier molecular flexibility index (Phi) is 5.62. The van der Waals surface area contributed by atoms with Gasteiger partial charge in [-0.15, -0.1) is 0 Å². The molecule has 3 aromatic rings. The second-order valence-electron chi connectivity index (χ2n) is 6.87. The van der Waals surface area contributed by atoms with E-state index in [1.165, 1.54) is 31.1 Å². The maximum absolute atomic E-state index is 13.8. The fourth-order valence-electron chi connectivity index (χ4n) is 3.22. The van der Waals surface area contributed by atoms with Crippen molar-refractivity contribution in [2.24, 2.45) is 14.1 Å². The van der Waals surface area contributed by atoms with Crippen LogP contribution in [0.5, 0.6) is 0 Å². The highest BCUT2D eigenvalue weighted by atomic mass is 19.1. The van der Waals surface area contributed by atoms with E-state index in [2.05, 4.69) is 10.3 Å². The van der Waals surface area contributed by atoms with Gasteiger partial charge in [0.1, 0.15) is 11.6 Å². The van der Waals surface area contributed by atoms with Gasteiger partial charge in [-0.25, -0.2) is 18.6 Å². The summed E-state index contributed by atoms with van der Waals surface area (Å²) in [7, 11) is 2.93. The molecule has 154 valence electrons. The number of carbonyl (C=O) groups excluding carboxylic acids is 1. The first-order valence-corrected chi connectivity index (χ1v) is 9.06. The molecule has 8 nitrogen and oxygen atoms in total. The van der Waals surface area contributed by atoms with Gasteiger partial charge in [0.05, 0.1) is 12.4 Å². The quantitative estimate of drug-likeness (QED) is 0.671. The molecule has 1 unspecified atom stereocenters. The summed E-state index contributed by atoms with van der Waals surface area (Å²) in [5.74, 6) is -1.70. The Morgan fingerprint density at radius 3 is 2.62 bits per heavy atom. The minimum Gasteiger partial charge on any atom is -0.349 e. The lowest BCUT2D eigenvalue weighted by molar-refractivity contribution is -0.121. The van der Waals surface area contributed by atoms with E-state index in [4.69, 9.17) is 0 Å². The molecule has 3 rings (SSSR count). The van der Waals surface area contributed by atoms with Crippen molar-refractivity contribution < 1.29 is 13.6 Å². The molecule has 2 aromatic heterocycles. The number of hydrogen-bond donors (Lipinski definition) is 1. The van der Waals surface area contributed by atoms with Crippen LogP contribution in [-0.4, -0.2) is 24.6 Å². The van der Waals surface area contributed by atoms with E-state index >= 15 is 0 Å². The van der Waals surface area contributed by atoms with Crippen LogP contribution in [0.25, 0.3) is 11.2 Å². The SMILES string of the molecule is CC(NC(=O)CCCn1cnc2c1c(=O)n(C)c(=O)n2C)c1ccc(F)cc1F. The Balaban J connectivity index is 1.65. The molecule has 0 aliphatic heterocycles. The molecular formula is C19H21F2N5O3. The van der Waals surface area contributed by atoms with E-state index in [9.17, 15) is 23.2 Å². The Bertz CT molecular complexity index is 1190. The van der Waals surface area contributed by atoms with Crippen molar-refractivity contribution in [2.45, 2.75) is 32.4 Å². The number of halogens is 2. The minimum absolute atomic E-state index is 0.138. The minimum atomic E-state index is -0.718. The molecule has 2 heterocycles. The summed E-state index contributed by atoms with van der Waals surface area (Å²) >= 11 is 0. The zero-order valence-electron chi connectivity index (χ0n) is 16.3. The number of imidazole rings is 1. The van der Waals surface area contributed by atoms with Gasteiger partial charge in [0, 0.05) is 38.7 Å². The predicted molar refractivity (Wildman–Crippen MR) is 102 cm³/mol. The number of aryl methyl sites for hydroxylation is 2.